The van der Waals surface area contributed by atoms with Crippen molar-refractivity contribution < 1.29 is 0 Å². The highest BCUT2D eigenvalue weighted by Crippen LogP contribution is 2.23. The fraction of sp³-hybridized carbons (Fsp3) is 0.706. The predicted molar refractivity (Wildman–Crippen MR) is 89.7 cm³/mol. The minimum atomic E-state index is 0.505. The van der Waals surface area contributed by atoms with E-state index in [0.717, 1.165) is 19.0 Å². The van der Waals surface area contributed by atoms with Crippen LogP contribution in [0, 0.1) is 5.92 Å². The third-order valence-electron chi connectivity index (χ3n) is 4.37. The third-order valence-corrected chi connectivity index (χ3v) is 4.37. The maximum absolute atomic E-state index is 4.32. The number of nitrogens with zero attached hydrogens (tertiary/aromatic N) is 3. The zero-order valence-corrected chi connectivity index (χ0v) is 14.0. The largest absolute Gasteiger partial charge is 0.373 e. The van der Waals surface area contributed by atoms with Gasteiger partial charge in [-0.3, -0.25) is 4.98 Å². The van der Waals surface area contributed by atoms with Gasteiger partial charge in [0.1, 0.15) is 0 Å². The molecular formula is C17H30N4. The molecule has 1 fully saturated rings. The second-order valence-corrected chi connectivity index (χ2v) is 6.67. The number of aromatic nitrogens is 1. The Bertz CT molecular complexity index is 425. The van der Waals surface area contributed by atoms with Crippen LogP contribution in [-0.2, 0) is 6.54 Å². The summed E-state index contributed by atoms with van der Waals surface area (Å²) in [5.41, 5.74) is 2.61. The van der Waals surface area contributed by atoms with Crippen LogP contribution in [0.25, 0.3) is 0 Å². The van der Waals surface area contributed by atoms with E-state index in [2.05, 4.69) is 54.1 Å². The van der Waals surface area contributed by atoms with E-state index in [1.807, 2.05) is 12.4 Å². The van der Waals surface area contributed by atoms with E-state index in [1.165, 1.54) is 37.2 Å². The summed E-state index contributed by atoms with van der Waals surface area (Å²) in [5, 5.41) is 3.51. The maximum Gasteiger partial charge on any atom is 0.0595 e. The van der Waals surface area contributed by atoms with Gasteiger partial charge in [-0.1, -0.05) is 13.8 Å². The molecule has 0 amide bonds. The molecular weight excluding hydrogens is 260 g/mol. The van der Waals surface area contributed by atoms with E-state index in [4.69, 9.17) is 0 Å². The van der Waals surface area contributed by atoms with Crippen molar-refractivity contribution >= 4 is 5.69 Å². The summed E-state index contributed by atoms with van der Waals surface area (Å²) in [6.45, 7) is 8.87. The van der Waals surface area contributed by atoms with E-state index in [0.29, 0.717) is 6.04 Å². The van der Waals surface area contributed by atoms with Gasteiger partial charge >= 0.3 is 0 Å². The molecule has 2 rings (SSSR count). The van der Waals surface area contributed by atoms with Gasteiger partial charge in [0, 0.05) is 32.4 Å². The van der Waals surface area contributed by atoms with Crippen molar-refractivity contribution in [2.24, 2.45) is 5.92 Å². The van der Waals surface area contributed by atoms with Crippen molar-refractivity contribution in [2.75, 3.05) is 38.6 Å². The molecule has 0 radical (unpaired) electrons. The van der Waals surface area contributed by atoms with Gasteiger partial charge in [-0.05, 0) is 50.5 Å². The van der Waals surface area contributed by atoms with Crippen LogP contribution in [0.5, 0.6) is 0 Å². The highest BCUT2D eigenvalue weighted by atomic mass is 15.1. The quantitative estimate of drug-likeness (QED) is 0.871. The molecule has 1 aliphatic heterocycles. The first-order valence-corrected chi connectivity index (χ1v) is 8.12. The Kier molecular flexibility index (Phi) is 6.00. The van der Waals surface area contributed by atoms with Crippen LogP contribution >= 0.6 is 0 Å². The van der Waals surface area contributed by atoms with Gasteiger partial charge in [-0.15, -0.1) is 0 Å². The van der Waals surface area contributed by atoms with Gasteiger partial charge in [-0.2, -0.15) is 0 Å². The van der Waals surface area contributed by atoms with E-state index in [-0.39, 0.29) is 0 Å². The average Bonchev–Trinajstić information content (AvgIpc) is 2.47. The van der Waals surface area contributed by atoms with Crippen LogP contribution in [0.4, 0.5) is 5.69 Å². The number of anilines is 1. The summed E-state index contributed by atoms with van der Waals surface area (Å²) in [7, 11) is 4.42. The molecule has 1 aliphatic rings. The van der Waals surface area contributed by atoms with Gasteiger partial charge < -0.3 is 15.1 Å². The lowest BCUT2D eigenvalue weighted by Gasteiger charge is -2.33. The summed E-state index contributed by atoms with van der Waals surface area (Å²) < 4.78 is 0. The van der Waals surface area contributed by atoms with Gasteiger partial charge in [0.2, 0.25) is 0 Å². The summed E-state index contributed by atoms with van der Waals surface area (Å²) in [6.07, 6.45) is 6.51. The van der Waals surface area contributed by atoms with Crippen molar-refractivity contribution in [1.82, 2.24) is 15.2 Å². The Balaban J connectivity index is 1.96. The van der Waals surface area contributed by atoms with E-state index < -0.39 is 0 Å². The molecule has 118 valence electrons. The minimum absolute atomic E-state index is 0.505. The molecule has 0 unspecified atom stereocenters. The Hall–Kier alpha value is -1.13. The Morgan fingerprint density at radius 3 is 2.76 bits per heavy atom. The van der Waals surface area contributed by atoms with Crippen LogP contribution in [0.3, 0.4) is 0 Å². The van der Waals surface area contributed by atoms with Crippen molar-refractivity contribution in [2.45, 2.75) is 39.3 Å². The number of piperidine rings is 1. The zero-order chi connectivity index (χ0) is 15.2. The smallest absolute Gasteiger partial charge is 0.0595 e. The number of nitrogens with one attached hydrogen (secondary N) is 1. The van der Waals surface area contributed by atoms with Crippen molar-refractivity contribution in [1.29, 1.82) is 0 Å². The molecule has 0 aliphatic carbocycles. The molecule has 0 aromatic carbocycles. The predicted octanol–water partition coefficient (Wildman–Crippen LogP) is 2.36. The van der Waals surface area contributed by atoms with E-state index >= 15 is 0 Å². The Labute approximate surface area is 129 Å². The molecule has 1 saturated heterocycles. The van der Waals surface area contributed by atoms with E-state index in [9.17, 15) is 0 Å². The fourth-order valence-corrected chi connectivity index (χ4v) is 2.95. The van der Waals surface area contributed by atoms with Crippen LogP contribution in [0.15, 0.2) is 18.5 Å². The first-order chi connectivity index (χ1) is 10.1. The lowest BCUT2D eigenvalue weighted by Crippen LogP contribution is -2.36. The second-order valence-electron chi connectivity index (χ2n) is 6.67. The summed E-state index contributed by atoms with van der Waals surface area (Å²) in [6, 6.07) is 2.64. The summed E-state index contributed by atoms with van der Waals surface area (Å²) >= 11 is 0. The third kappa shape index (κ3) is 4.97. The van der Waals surface area contributed by atoms with Crippen molar-refractivity contribution in [3.05, 3.63) is 24.0 Å². The van der Waals surface area contributed by atoms with Crippen LogP contribution in [-0.4, -0.2) is 49.7 Å². The Morgan fingerprint density at radius 1 is 1.38 bits per heavy atom. The molecule has 1 aromatic heterocycles. The highest BCUT2D eigenvalue weighted by Gasteiger charge is 2.19. The van der Waals surface area contributed by atoms with Crippen molar-refractivity contribution in [3.63, 3.8) is 0 Å². The lowest BCUT2D eigenvalue weighted by atomic mass is 9.96. The van der Waals surface area contributed by atoms with Gasteiger partial charge in [0.15, 0.2) is 0 Å². The molecule has 0 spiro atoms. The van der Waals surface area contributed by atoms with Gasteiger partial charge in [0.05, 0.1) is 11.9 Å². The number of rotatable bonds is 6. The monoisotopic (exact) mass is 290 g/mol. The molecule has 2 heterocycles. The molecule has 21 heavy (non-hydrogen) atoms. The summed E-state index contributed by atoms with van der Waals surface area (Å²) in [5.74, 6) is 0.803. The maximum atomic E-state index is 4.32. The molecule has 0 bridgehead atoms. The average molecular weight is 290 g/mol. The van der Waals surface area contributed by atoms with Crippen molar-refractivity contribution in [3.8, 4) is 0 Å². The molecule has 4 heteroatoms. The number of pyridine rings is 1. The normalized spacial score (nSPS) is 17.4. The second kappa shape index (κ2) is 7.76. The van der Waals surface area contributed by atoms with Gasteiger partial charge in [-0.25, -0.2) is 0 Å². The first kappa shape index (κ1) is 16.2. The van der Waals surface area contributed by atoms with Crippen LogP contribution < -0.4 is 10.2 Å². The highest BCUT2D eigenvalue weighted by molar-refractivity contribution is 5.51. The number of hydrogen-bond donors (Lipinski definition) is 1. The Morgan fingerprint density at radius 2 is 2.10 bits per heavy atom. The lowest BCUT2D eigenvalue weighted by molar-refractivity contribution is 0.222. The van der Waals surface area contributed by atoms with Crippen LogP contribution in [0.2, 0.25) is 0 Å². The molecule has 1 aromatic rings. The molecule has 1 N–H and O–H groups in total. The topological polar surface area (TPSA) is 31.4 Å². The fourth-order valence-electron chi connectivity index (χ4n) is 2.95. The molecule has 0 atom stereocenters. The molecule has 0 saturated carbocycles. The van der Waals surface area contributed by atoms with E-state index in [1.54, 1.807) is 0 Å². The van der Waals surface area contributed by atoms with Crippen LogP contribution in [0.1, 0.15) is 32.3 Å². The number of hydrogen-bond acceptors (Lipinski definition) is 4. The zero-order valence-electron chi connectivity index (χ0n) is 14.0. The standard InChI is InChI=1S/C17H30N4/c1-14(2)19-11-16-5-8-18-12-17(16)21(4)13-15-6-9-20(3)10-7-15/h5,8,12,14-15,19H,6-7,9-11,13H2,1-4H3. The number of likely N-dealkylation sites (tertiary alicyclic amines) is 1. The van der Waals surface area contributed by atoms with Gasteiger partial charge in [0.25, 0.3) is 0 Å². The first-order valence-electron chi connectivity index (χ1n) is 8.12. The minimum Gasteiger partial charge on any atom is -0.373 e. The SMILES string of the molecule is CC(C)NCc1ccncc1N(C)CC1CCN(C)CC1. The summed E-state index contributed by atoms with van der Waals surface area (Å²) in [4.78, 5) is 9.14. The molecule has 4 nitrogen and oxygen atoms in total.